The second-order valence-corrected chi connectivity index (χ2v) is 14.0. The first-order valence-electron chi connectivity index (χ1n) is 12.5. The second kappa shape index (κ2) is 14.8. The summed E-state index contributed by atoms with van der Waals surface area (Å²) >= 11 is 8.52. The van der Waals surface area contributed by atoms with Gasteiger partial charge in [-0.2, -0.15) is 0 Å². The van der Waals surface area contributed by atoms with E-state index in [-0.39, 0.29) is 12.2 Å². The number of benzene rings is 4. The largest absolute Gasteiger partial charge is 0.480 e. The van der Waals surface area contributed by atoms with Crippen LogP contribution in [0.3, 0.4) is 0 Å². The number of halogens is 4. The van der Waals surface area contributed by atoms with Crippen LogP contribution in [0.25, 0.3) is 0 Å². The SMILES string of the molecule is CC(C(=O)Oc1c(I)cc(Oc2c(I)cc(C[C@H](N)C(=O)O)cc2I)cc1I)c1cccc(C(=O)c2ccccc2)c1. The molecular weight excluding hydrogens is 990 g/mol. The Morgan fingerprint density at radius 2 is 1.36 bits per heavy atom. The van der Waals surface area contributed by atoms with Gasteiger partial charge in [-0.3, -0.25) is 14.4 Å². The van der Waals surface area contributed by atoms with Crippen LogP contribution in [0.4, 0.5) is 0 Å². The molecule has 7 nitrogen and oxygen atoms in total. The third-order valence-electron chi connectivity index (χ3n) is 6.26. The van der Waals surface area contributed by atoms with Crippen LogP contribution in [0.5, 0.6) is 17.2 Å². The van der Waals surface area contributed by atoms with E-state index in [1.54, 1.807) is 49.4 Å². The summed E-state index contributed by atoms with van der Waals surface area (Å²) in [7, 11) is 0. The Morgan fingerprint density at radius 1 is 0.786 bits per heavy atom. The molecule has 0 spiro atoms. The predicted octanol–water partition coefficient (Wildman–Crippen LogP) is 7.79. The van der Waals surface area contributed by atoms with E-state index >= 15 is 0 Å². The summed E-state index contributed by atoms with van der Waals surface area (Å²) in [5, 5.41) is 9.12. The number of carbonyl (C=O) groups is 3. The highest BCUT2D eigenvalue weighted by atomic mass is 127. The highest BCUT2D eigenvalue weighted by Crippen LogP contribution is 2.38. The van der Waals surface area contributed by atoms with E-state index in [0.29, 0.717) is 41.1 Å². The molecule has 2 atom stereocenters. The molecule has 4 rings (SSSR count). The zero-order chi connectivity index (χ0) is 30.6. The van der Waals surface area contributed by atoms with Crippen molar-refractivity contribution in [2.24, 2.45) is 5.73 Å². The molecule has 0 aliphatic heterocycles. The van der Waals surface area contributed by atoms with Crippen molar-refractivity contribution in [2.45, 2.75) is 25.3 Å². The zero-order valence-corrected chi connectivity index (χ0v) is 30.6. The fourth-order valence-corrected chi connectivity index (χ4v) is 8.06. The Labute approximate surface area is 297 Å². The number of hydrogen-bond donors (Lipinski definition) is 2. The maximum absolute atomic E-state index is 13.2. The van der Waals surface area contributed by atoms with Crippen LogP contribution in [-0.4, -0.2) is 28.9 Å². The van der Waals surface area contributed by atoms with E-state index in [1.807, 2.05) is 36.4 Å². The van der Waals surface area contributed by atoms with Gasteiger partial charge in [0.05, 0.1) is 20.2 Å². The van der Waals surface area contributed by atoms with E-state index in [1.165, 1.54) is 0 Å². The first kappa shape index (κ1) is 33.1. The van der Waals surface area contributed by atoms with Crippen LogP contribution in [0.2, 0.25) is 0 Å². The number of carbonyl (C=O) groups excluding carboxylic acids is 2. The molecule has 1 unspecified atom stereocenters. The quantitative estimate of drug-likeness (QED) is 0.0722. The Morgan fingerprint density at radius 3 is 1.95 bits per heavy atom. The maximum atomic E-state index is 13.2. The van der Waals surface area contributed by atoms with Crippen molar-refractivity contribution in [3.63, 3.8) is 0 Å². The number of ketones is 1. The summed E-state index contributed by atoms with van der Waals surface area (Å²) in [6, 6.07) is 22.4. The van der Waals surface area contributed by atoms with Gasteiger partial charge in [-0.15, -0.1) is 0 Å². The Balaban J connectivity index is 1.49. The minimum Gasteiger partial charge on any atom is -0.480 e. The van der Waals surface area contributed by atoms with Crippen LogP contribution in [0, 0.1) is 14.3 Å². The molecule has 4 aromatic carbocycles. The van der Waals surface area contributed by atoms with Crippen LogP contribution in [0.15, 0.2) is 78.9 Å². The highest BCUT2D eigenvalue weighted by Gasteiger charge is 2.23. The van der Waals surface area contributed by atoms with E-state index < -0.39 is 23.9 Å². The van der Waals surface area contributed by atoms with Crippen LogP contribution >= 0.6 is 90.4 Å². The van der Waals surface area contributed by atoms with Gasteiger partial charge in [0.25, 0.3) is 0 Å². The van der Waals surface area contributed by atoms with Crippen LogP contribution < -0.4 is 15.2 Å². The van der Waals surface area contributed by atoms with Crippen molar-refractivity contribution in [2.75, 3.05) is 0 Å². The third-order valence-corrected chi connectivity index (χ3v) is 9.47. The minimum atomic E-state index is -1.05. The number of carboxylic acids is 1. The first-order valence-corrected chi connectivity index (χ1v) is 16.8. The Hall–Kier alpha value is -1.83. The number of aliphatic carboxylic acids is 1. The number of ether oxygens (including phenoxy) is 2. The Kier molecular flexibility index (Phi) is 11.6. The minimum absolute atomic E-state index is 0.111. The van der Waals surface area contributed by atoms with Crippen LogP contribution in [-0.2, 0) is 16.0 Å². The molecule has 42 heavy (non-hydrogen) atoms. The summed E-state index contributed by atoms with van der Waals surface area (Å²) in [6.07, 6.45) is 0.212. The van der Waals surface area contributed by atoms with Crippen molar-refractivity contribution in [3.8, 4) is 17.2 Å². The average Bonchev–Trinajstić information content (AvgIpc) is 2.96. The predicted molar refractivity (Wildman–Crippen MR) is 194 cm³/mol. The topological polar surface area (TPSA) is 116 Å². The highest BCUT2D eigenvalue weighted by molar-refractivity contribution is 14.1. The molecule has 3 N–H and O–H groups in total. The zero-order valence-electron chi connectivity index (χ0n) is 21.9. The lowest BCUT2D eigenvalue weighted by molar-refractivity contribution is -0.138. The van der Waals surface area contributed by atoms with Crippen LogP contribution in [0.1, 0.15) is 39.9 Å². The summed E-state index contributed by atoms with van der Waals surface area (Å²) < 4.78 is 15.1. The summed E-state index contributed by atoms with van der Waals surface area (Å²) in [5.41, 5.74) is 8.28. The molecule has 0 heterocycles. The summed E-state index contributed by atoms with van der Waals surface area (Å²) in [5.74, 6) is -0.574. The summed E-state index contributed by atoms with van der Waals surface area (Å²) in [4.78, 5) is 37.2. The number of esters is 1. The normalized spacial score (nSPS) is 12.3. The standard InChI is InChI=1S/C31H23I4NO6/c1-16(19-8-5-9-20(13-19)27(37)18-6-3-2-4-7-18)31(40)42-29-24(34)14-21(15-25(29)35)41-28-22(32)10-17(11-23(28)33)12-26(36)30(38)39/h2-11,13-16,26H,12,36H2,1H3,(H,38,39)/t16?,26-/m0/s1. The molecule has 0 saturated carbocycles. The third kappa shape index (κ3) is 8.21. The van der Waals surface area contributed by atoms with E-state index in [4.69, 9.17) is 20.3 Å². The first-order chi connectivity index (χ1) is 19.9. The van der Waals surface area contributed by atoms with Gasteiger partial charge in [-0.1, -0.05) is 48.5 Å². The monoisotopic (exact) mass is 1010 g/mol. The number of hydrogen-bond acceptors (Lipinski definition) is 6. The summed E-state index contributed by atoms with van der Waals surface area (Å²) in [6.45, 7) is 1.75. The molecule has 216 valence electrons. The van der Waals surface area contributed by atoms with Gasteiger partial charge in [0, 0.05) is 11.1 Å². The molecule has 0 fully saturated rings. The fraction of sp³-hybridized carbons (Fsp3) is 0.129. The lowest BCUT2D eigenvalue weighted by Gasteiger charge is -2.17. The van der Waals surface area contributed by atoms with Crippen molar-refractivity contribution in [3.05, 3.63) is 115 Å². The lowest BCUT2D eigenvalue weighted by Crippen LogP contribution is -2.32. The second-order valence-electron chi connectivity index (χ2n) is 9.32. The number of rotatable bonds is 10. The molecule has 0 aromatic heterocycles. The van der Waals surface area contributed by atoms with Gasteiger partial charge in [0.2, 0.25) is 0 Å². The molecule has 0 aliphatic rings. The van der Waals surface area contributed by atoms with E-state index in [0.717, 1.165) is 12.7 Å². The fourth-order valence-electron chi connectivity index (χ4n) is 4.01. The molecule has 0 aliphatic carbocycles. The van der Waals surface area contributed by atoms with Gasteiger partial charge in [-0.25, -0.2) is 0 Å². The molecule has 0 saturated heterocycles. The number of nitrogens with two attached hydrogens (primary N) is 1. The van der Waals surface area contributed by atoms with E-state index in [2.05, 4.69) is 90.4 Å². The van der Waals surface area contributed by atoms with Gasteiger partial charge >= 0.3 is 11.9 Å². The molecule has 0 amide bonds. The molecule has 0 radical (unpaired) electrons. The lowest BCUT2D eigenvalue weighted by atomic mass is 9.96. The van der Waals surface area contributed by atoms with Gasteiger partial charge in [-0.05, 0) is 145 Å². The van der Waals surface area contributed by atoms with E-state index in [9.17, 15) is 14.4 Å². The van der Waals surface area contributed by atoms with Gasteiger partial charge in [0.1, 0.15) is 11.8 Å². The van der Waals surface area contributed by atoms with Crippen molar-refractivity contribution >= 4 is 108 Å². The van der Waals surface area contributed by atoms with Gasteiger partial charge < -0.3 is 20.3 Å². The molecule has 11 heteroatoms. The van der Waals surface area contributed by atoms with Crippen molar-refractivity contribution in [1.29, 1.82) is 0 Å². The molecular formula is C31H23I4NO6. The smallest absolute Gasteiger partial charge is 0.320 e. The average molecular weight is 1010 g/mol. The van der Waals surface area contributed by atoms with Crippen molar-refractivity contribution in [1.82, 2.24) is 0 Å². The number of carboxylic acid groups (broad SMARTS) is 1. The Bertz CT molecular complexity index is 1610. The molecule has 4 aromatic rings. The van der Waals surface area contributed by atoms with Gasteiger partial charge in [0.15, 0.2) is 17.3 Å². The molecule has 0 bridgehead atoms. The maximum Gasteiger partial charge on any atom is 0.320 e. The van der Waals surface area contributed by atoms with Crippen molar-refractivity contribution < 1.29 is 29.0 Å².